The molecule has 0 fully saturated rings. The Bertz CT molecular complexity index is 1110. The molecule has 180 valence electrons. The Morgan fingerprint density at radius 2 is 1.85 bits per heavy atom. The zero-order valence-corrected chi connectivity index (χ0v) is 20.5. The van der Waals surface area contributed by atoms with E-state index in [1.165, 1.54) is 36.2 Å². The molecule has 7 heteroatoms. The van der Waals surface area contributed by atoms with Gasteiger partial charge in [-0.25, -0.2) is 4.39 Å². The molecule has 0 saturated carbocycles. The van der Waals surface area contributed by atoms with E-state index in [2.05, 4.69) is 10.2 Å². The Kier molecular flexibility index (Phi) is 8.28. The number of aromatic amines is 1. The molecule has 0 amide bonds. The topological polar surface area (TPSA) is 66.0 Å². The van der Waals surface area contributed by atoms with Gasteiger partial charge < -0.3 is 5.11 Å². The Hall–Kier alpha value is -2.37. The van der Waals surface area contributed by atoms with Crippen LogP contribution < -0.4 is 0 Å². The Morgan fingerprint density at radius 3 is 2.56 bits per heavy atom. The van der Waals surface area contributed by atoms with Crippen molar-refractivity contribution in [3.05, 3.63) is 75.3 Å². The molecule has 4 nitrogen and oxygen atoms in total. The lowest BCUT2D eigenvalue weighted by molar-refractivity contribution is -0.142. The standard InChI is InChI=1S/C27H29Cl2FN2O2/c28-24-14-20(18-7-9-22(30)10-8-18)15-25(29)23(24)13-19(27(33)34)5-3-1-2-4-17-6-11-26-21(12-17)16-31-32-26/h7-10,14-17,19H,1-6,11-13H2,(H,31,32)(H,33,34)/t17-,19-/m0/s1. The van der Waals surface area contributed by atoms with Crippen LogP contribution in [0.3, 0.4) is 0 Å². The number of rotatable bonds is 10. The summed E-state index contributed by atoms with van der Waals surface area (Å²) in [5, 5.41) is 17.9. The maximum Gasteiger partial charge on any atom is 0.306 e. The number of carboxylic acid groups (broad SMARTS) is 1. The lowest BCUT2D eigenvalue weighted by Crippen LogP contribution is -2.17. The van der Waals surface area contributed by atoms with Gasteiger partial charge in [-0.3, -0.25) is 9.89 Å². The number of hydrogen-bond donors (Lipinski definition) is 2. The first kappa shape index (κ1) is 24.7. The molecular weight excluding hydrogens is 474 g/mol. The van der Waals surface area contributed by atoms with E-state index in [4.69, 9.17) is 23.2 Å². The number of aromatic nitrogens is 2. The normalized spacial score (nSPS) is 16.3. The van der Waals surface area contributed by atoms with Crippen LogP contribution in [0.5, 0.6) is 0 Å². The van der Waals surface area contributed by atoms with Gasteiger partial charge in [-0.05, 0) is 84.5 Å². The van der Waals surface area contributed by atoms with Crippen molar-refractivity contribution < 1.29 is 14.3 Å². The van der Waals surface area contributed by atoms with Gasteiger partial charge in [0.05, 0.1) is 12.1 Å². The van der Waals surface area contributed by atoms with Crippen molar-refractivity contribution in [2.24, 2.45) is 11.8 Å². The summed E-state index contributed by atoms with van der Waals surface area (Å²) in [5.41, 5.74) is 4.86. The molecule has 0 unspecified atom stereocenters. The summed E-state index contributed by atoms with van der Waals surface area (Å²) < 4.78 is 13.2. The minimum atomic E-state index is -0.825. The smallest absolute Gasteiger partial charge is 0.306 e. The van der Waals surface area contributed by atoms with E-state index in [1.807, 2.05) is 6.20 Å². The van der Waals surface area contributed by atoms with Crippen LogP contribution in [0, 0.1) is 17.7 Å². The van der Waals surface area contributed by atoms with Crippen molar-refractivity contribution in [2.75, 3.05) is 0 Å². The number of carbonyl (C=O) groups is 1. The van der Waals surface area contributed by atoms with Gasteiger partial charge in [0.25, 0.3) is 0 Å². The number of H-pyrrole nitrogens is 1. The molecule has 1 aliphatic rings. The number of nitrogens with zero attached hydrogens (tertiary/aromatic N) is 1. The number of carboxylic acids is 1. The third kappa shape index (κ3) is 6.19. The van der Waals surface area contributed by atoms with E-state index in [9.17, 15) is 14.3 Å². The molecule has 2 atom stereocenters. The molecule has 2 aromatic carbocycles. The molecule has 1 heterocycles. The lowest BCUT2D eigenvalue weighted by Gasteiger charge is -2.21. The molecule has 1 aliphatic carbocycles. The Labute approximate surface area is 209 Å². The Balaban J connectivity index is 1.29. The fraction of sp³-hybridized carbons (Fsp3) is 0.407. The van der Waals surface area contributed by atoms with Gasteiger partial charge in [-0.2, -0.15) is 5.10 Å². The second-order valence-electron chi connectivity index (χ2n) is 9.29. The van der Waals surface area contributed by atoms with Crippen LogP contribution in [-0.2, 0) is 24.1 Å². The van der Waals surface area contributed by atoms with Crippen molar-refractivity contribution in [3.8, 4) is 11.1 Å². The van der Waals surface area contributed by atoms with Crippen LogP contribution in [0.2, 0.25) is 10.0 Å². The summed E-state index contributed by atoms with van der Waals surface area (Å²) in [6.07, 6.45) is 10.4. The van der Waals surface area contributed by atoms with Crippen molar-refractivity contribution in [1.82, 2.24) is 10.2 Å². The number of aliphatic carboxylic acids is 1. The molecular formula is C27H29Cl2FN2O2. The maximum atomic E-state index is 13.2. The van der Waals surface area contributed by atoms with Crippen molar-refractivity contribution in [3.63, 3.8) is 0 Å². The summed E-state index contributed by atoms with van der Waals surface area (Å²) in [7, 11) is 0. The first-order chi connectivity index (χ1) is 16.4. The predicted molar refractivity (Wildman–Crippen MR) is 134 cm³/mol. The van der Waals surface area contributed by atoms with Gasteiger partial charge in [-0.15, -0.1) is 0 Å². The molecule has 0 spiro atoms. The van der Waals surface area contributed by atoms with Gasteiger partial charge in [0.2, 0.25) is 0 Å². The van der Waals surface area contributed by atoms with E-state index < -0.39 is 11.9 Å². The van der Waals surface area contributed by atoms with Crippen molar-refractivity contribution in [2.45, 2.75) is 57.8 Å². The van der Waals surface area contributed by atoms with E-state index in [0.29, 0.717) is 34.4 Å². The molecule has 4 rings (SSSR count). The highest BCUT2D eigenvalue weighted by atomic mass is 35.5. The van der Waals surface area contributed by atoms with Crippen molar-refractivity contribution >= 4 is 29.2 Å². The summed E-state index contributed by atoms with van der Waals surface area (Å²) >= 11 is 13.0. The van der Waals surface area contributed by atoms with Gasteiger partial charge in [0.1, 0.15) is 5.82 Å². The largest absolute Gasteiger partial charge is 0.481 e. The fourth-order valence-corrected chi connectivity index (χ4v) is 5.55. The molecule has 0 radical (unpaired) electrons. The second-order valence-corrected chi connectivity index (χ2v) is 10.1. The molecule has 3 aromatic rings. The molecule has 2 N–H and O–H groups in total. The van der Waals surface area contributed by atoms with Gasteiger partial charge in [-0.1, -0.05) is 61.0 Å². The van der Waals surface area contributed by atoms with Crippen molar-refractivity contribution in [1.29, 1.82) is 0 Å². The van der Waals surface area contributed by atoms with Crippen LogP contribution >= 0.6 is 23.2 Å². The summed E-state index contributed by atoms with van der Waals surface area (Å²) in [6.45, 7) is 0. The number of unbranched alkanes of at least 4 members (excludes halogenated alkanes) is 2. The summed E-state index contributed by atoms with van der Waals surface area (Å²) in [6, 6.07) is 9.63. The first-order valence-corrected chi connectivity index (χ1v) is 12.6. The third-order valence-electron chi connectivity index (χ3n) is 6.90. The fourth-order valence-electron chi connectivity index (χ4n) is 4.90. The zero-order valence-electron chi connectivity index (χ0n) is 19.0. The number of aryl methyl sites for hydroxylation is 1. The monoisotopic (exact) mass is 502 g/mol. The zero-order chi connectivity index (χ0) is 24.1. The van der Waals surface area contributed by atoms with Gasteiger partial charge >= 0.3 is 5.97 Å². The lowest BCUT2D eigenvalue weighted by atomic mass is 9.84. The number of hydrogen-bond acceptors (Lipinski definition) is 2. The quantitative estimate of drug-likeness (QED) is 0.281. The average molecular weight is 503 g/mol. The summed E-state index contributed by atoms with van der Waals surface area (Å²) in [4.78, 5) is 11.9. The third-order valence-corrected chi connectivity index (χ3v) is 7.58. The van der Waals surface area contributed by atoms with E-state index in [-0.39, 0.29) is 5.82 Å². The Morgan fingerprint density at radius 1 is 1.12 bits per heavy atom. The average Bonchev–Trinajstić information content (AvgIpc) is 3.28. The highest BCUT2D eigenvalue weighted by Crippen LogP contribution is 2.34. The summed E-state index contributed by atoms with van der Waals surface area (Å²) in [5.74, 6) is -0.977. The number of benzene rings is 2. The SMILES string of the molecule is O=C(O)[C@@H](CCCCC[C@H]1CCc2[nH]ncc2C1)Cc1c(Cl)cc(-c2ccc(F)cc2)cc1Cl. The van der Waals surface area contributed by atoms with Gasteiger partial charge in [0.15, 0.2) is 0 Å². The highest BCUT2D eigenvalue weighted by Gasteiger charge is 2.22. The van der Waals surface area contributed by atoms with Crippen LogP contribution in [0.25, 0.3) is 11.1 Å². The van der Waals surface area contributed by atoms with E-state index >= 15 is 0 Å². The van der Waals surface area contributed by atoms with Crippen LogP contribution in [0.15, 0.2) is 42.6 Å². The van der Waals surface area contributed by atoms with E-state index in [0.717, 1.165) is 43.2 Å². The number of nitrogens with one attached hydrogen (secondary N) is 1. The number of halogens is 3. The van der Waals surface area contributed by atoms with Crippen LogP contribution in [0.1, 0.15) is 55.3 Å². The van der Waals surface area contributed by atoms with Crippen LogP contribution in [0.4, 0.5) is 4.39 Å². The molecule has 0 saturated heterocycles. The molecule has 1 aromatic heterocycles. The second kappa shape index (κ2) is 11.4. The maximum absolute atomic E-state index is 13.2. The molecule has 34 heavy (non-hydrogen) atoms. The highest BCUT2D eigenvalue weighted by molar-refractivity contribution is 6.36. The van der Waals surface area contributed by atoms with Crippen LogP contribution in [-0.4, -0.2) is 21.3 Å². The minimum Gasteiger partial charge on any atom is -0.481 e. The predicted octanol–water partition coefficient (Wildman–Crippen LogP) is 7.52. The van der Waals surface area contributed by atoms with Gasteiger partial charge in [0, 0.05) is 15.7 Å². The first-order valence-electron chi connectivity index (χ1n) is 11.9. The van der Waals surface area contributed by atoms with E-state index in [1.54, 1.807) is 24.3 Å². The molecule has 0 aliphatic heterocycles. The minimum absolute atomic E-state index is 0.294. The number of fused-ring (bicyclic) bond motifs is 1. The molecule has 0 bridgehead atoms.